The molecule has 2 heterocycles. The Morgan fingerprint density at radius 3 is 2.93 bits per heavy atom. The summed E-state index contributed by atoms with van der Waals surface area (Å²) in [5, 5.41) is 22.2. The van der Waals surface area contributed by atoms with Crippen molar-refractivity contribution >= 4 is 33.4 Å². The van der Waals surface area contributed by atoms with E-state index in [9.17, 15) is 5.11 Å². The van der Waals surface area contributed by atoms with E-state index in [1.807, 2.05) is 30.3 Å². The summed E-state index contributed by atoms with van der Waals surface area (Å²) < 4.78 is 6.76. The lowest BCUT2D eigenvalue weighted by Crippen LogP contribution is -2.17. The monoisotopic (exact) mass is 442 g/mol. The number of hydrogen-bond donors (Lipinski definition) is 2. The van der Waals surface area contributed by atoms with Crippen molar-refractivity contribution in [1.29, 1.82) is 0 Å². The number of benzene rings is 2. The molecule has 1 aromatic heterocycles. The van der Waals surface area contributed by atoms with Gasteiger partial charge in [-0.2, -0.15) is 4.98 Å². The molecule has 1 unspecified atom stereocenters. The zero-order valence-electron chi connectivity index (χ0n) is 14.1. The van der Waals surface area contributed by atoms with Crippen LogP contribution in [0.2, 0.25) is 0 Å². The van der Waals surface area contributed by atoms with E-state index < -0.39 is 6.23 Å². The first-order valence-electron chi connectivity index (χ1n) is 8.15. The highest BCUT2D eigenvalue weighted by Gasteiger charge is 2.26. The van der Waals surface area contributed by atoms with E-state index in [2.05, 4.69) is 43.0 Å². The number of aromatic hydroxyl groups is 1. The number of ether oxygens (including phenoxy) is 1. The fourth-order valence-electron chi connectivity index (χ4n) is 2.68. The second-order valence-corrected chi connectivity index (χ2v) is 7.59. The van der Waals surface area contributed by atoms with Crippen molar-refractivity contribution in [2.45, 2.75) is 11.4 Å². The average Bonchev–Trinajstić information content (AvgIpc) is 2.85. The minimum Gasteiger partial charge on any atom is -0.507 e. The summed E-state index contributed by atoms with van der Waals surface area (Å²) >= 11 is 4.79. The van der Waals surface area contributed by atoms with Gasteiger partial charge in [-0.15, -0.1) is 16.8 Å². The van der Waals surface area contributed by atoms with Gasteiger partial charge in [0.15, 0.2) is 11.9 Å². The first-order chi connectivity index (χ1) is 13.2. The van der Waals surface area contributed by atoms with Gasteiger partial charge in [0.05, 0.1) is 4.47 Å². The molecule has 0 fully saturated rings. The fourth-order valence-corrected chi connectivity index (χ4v) is 3.59. The van der Waals surface area contributed by atoms with Gasteiger partial charge < -0.3 is 15.2 Å². The Hall–Kier alpha value is -2.58. The van der Waals surface area contributed by atoms with E-state index >= 15 is 0 Å². The zero-order chi connectivity index (χ0) is 18.8. The third-order valence-corrected chi connectivity index (χ3v) is 5.41. The van der Waals surface area contributed by atoms with Gasteiger partial charge in [0, 0.05) is 22.6 Å². The molecule has 1 aliphatic heterocycles. The Balaban J connectivity index is 1.80. The van der Waals surface area contributed by atoms with Crippen LogP contribution in [0.25, 0.3) is 11.3 Å². The third-order valence-electron chi connectivity index (χ3n) is 3.94. The molecule has 0 amide bonds. The number of rotatable bonds is 4. The maximum absolute atomic E-state index is 9.78. The second-order valence-electron chi connectivity index (χ2n) is 5.75. The van der Waals surface area contributed by atoms with Gasteiger partial charge in [0.1, 0.15) is 5.75 Å². The van der Waals surface area contributed by atoms with Crippen LogP contribution in [-0.2, 0) is 0 Å². The smallest absolute Gasteiger partial charge is 0.247 e. The number of hydrogen-bond acceptors (Lipinski definition) is 7. The number of nitrogens with zero attached hydrogens (tertiary/aromatic N) is 3. The third kappa shape index (κ3) is 3.63. The van der Waals surface area contributed by atoms with Gasteiger partial charge in [-0.3, -0.25) is 0 Å². The van der Waals surface area contributed by atoms with Crippen molar-refractivity contribution < 1.29 is 9.84 Å². The van der Waals surface area contributed by atoms with Crippen LogP contribution >= 0.6 is 27.7 Å². The highest BCUT2D eigenvalue weighted by Crippen LogP contribution is 2.40. The molecule has 1 aliphatic rings. The number of fused-ring (bicyclic) bond motifs is 3. The molecule has 3 aromatic rings. The largest absolute Gasteiger partial charge is 0.507 e. The number of phenols is 1. The Kier molecular flexibility index (Phi) is 5.00. The molecular formula is C19H15BrN4O2S. The summed E-state index contributed by atoms with van der Waals surface area (Å²) in [7, 11) is 0. The van der Waals surface area contributed by atoms with E-state index in [-0.39, 0.29) is 5.75 Å². The van der Waals surface area contributed by atoms with Crippen LogP contribution in [0.3, 0.4) is 0 Å². The van der Waals surface area contributed by atoms with Crippen LogP contribution in [0.5, 0.6) is 11.6 Å². The number of thioether (sulfide) groups is 1. The van der Waals surface area contributed by atoms with Crippen LogP contribution < -0.4 is 10.1 Å². The van der Waals surface area contributed by atoms with Crippen LogP contribution in [0.4, 0.5) is 5.69 Å². The van der Waals surface area contributed by atoms with Crippen LogP contribution in [0, 0.1) is 0 Å². The molecule has 2 N–H and O–H groups in total. The summed E-state index contributed by atoms with van der Waals surface area (Å²) in [6.07, 6.45) is 1.28. The molecule has 1 atom stereocenters. The molecule has 0 spiro atoms. The van der Waals surface area contributed by atoms with Gasteiger partial charge in [-0.05, 0) is 40.2 Å². The predicted molar refractivity (Wildman–Crippen MR) is 109 cm³/mol. The number of anilines is 1. The van der Waals surface area contributed by atoms with Gasteiger partial charge in [-0.1, -0.05) is 36.0 Å². The van der Waals surface area contributed by atoms with Gasteiger partial charge >= 0.3 is 0 Å². The van der Waals surface area contributed by atoms with Crippen molar-refractivity contribution in [3.8, 4) is 22.9 Å². The quantitative estimate of drug-likeness (QED) is 0.444. The van der Waals surface area contributed by atoms with Crippen molar-refractivity contribution in [3.05, 3.63) is 65.2 Å². The molecular weight excluding hydrogens is 428 g/mol. The predicted octanol–water partition coefficient (Wildman–Crippen LogP) is 4.79. The first kappa shape index (κ1) is 17.8. The first-order valence-corrected chi connectivity index (χ1v) is 9.93. The highest BCUT2D eigenvalue weighted by molar-refractivity contribution is 9.10. The van der Waals surface area contributed by atoms with Crippen LogP contribution in [0.1, 0.15) is 11.8 Å². The molecule has 0 radical (unpaired) electrons. The molecule has 6 nitrogen and oxygen atoms in total. The number of nitrogens with one attached hydrogen (secondary N) is 1. The van der Waals surface area contributed by atoms with Crippen molar-refractivity contribution in [2.75, 3.05) is 11.1 Å². The Morgan fingerprint density at radius 1 is 1.26 bits per heavy atom. The molecule has 0 aliphatic carbocycles. The number of halogens is 1. The minimum atomic E-state index is -0.502. The Labute approximate surface area is 168 Å². The van der Waals surface area contributed by atoms with Gasteiger partial charge in [-0.25, -0.2) is 0 Å². The molecule has 0 saturated heterocycles. The molecule has 0 bridgehead atoms. The minimum absolute atomic E-state index is 0.167. The maximum Gasteiger partial charge on any atom is 0.247 e. The van der Waals surface area contributed by atoms with Gasteiger partial charge in [0.2, 0.25) is 11.0 Å². The van der Waals surface area contributed by atoms with E-state index in [4.69, 9.17) is 4.74 Å². The molecule has 0 saturated carbocycles. The fraction of sp³-hybridized carbons (Fsp3) is 0.105. The Bertz CT molecular complexity index is 1010. The van der Waals surface area contributed by atoms with E-state index in [1.165, 1.54) is 11.8 Å². The topological polar surface area (TPSA) is 80.2 Å². The average molecular weight is 443 g/mol. The second kappa shape index (κ2) is 7.58. The molecule has 136 valence electrons. The number of aromatic nitrogens is 3. The summed E-state index contributed by atoms with van der Waals surface area (Å²) in [6.45, 7) is 3.71. The molecule has 27 heavy (non-hydrogen) atoms. The summed E-state index contributed by atoms with van der Waals surface area (Å²) in [5.41, 5.74) is 3.16. The summed E-state index contributed by atoms with van der Waals surface area (Å²) in [5.74, 6) is 1.26. The van der Waals surface area contributed by atoms with Crippen LogP contribution in [0.15, 0.2) is 64.7 Å². The van der Waals surface area contributed by atoms with Gasteiger partial charge in [0.25, 0.3) is 0 Å². The highest BCUT2D eigenvalue weighted by atomic mass is 79.9. The Morgan fingerprint density at radius 2 is 2.11 bits per heavy atom. The van der Waals surface area contributed by atoms with Crippen molar-refractivity contribution in [2.24, 2.45) is 0 Å². The molecule has 2 aromatic carbocycles. The summed E-state index contributed by atoms with van der Waals surface area (Å²) in [6, 6.07) is 13.0. The lowest BCUT2D eigenvalue weighted by Gasteiger charge is -2.19. The van der Waals surface area contributed by atoms with E-state index in [1.54, 1.807) is 18.2 Å². The number of para-hydroxylation sites is 1. The van der Waals surface area contributed by atoms with Crippen molar-refractivity contribution in [3.63, 3.8) is 0 Å². The lowest BCUT2D eigenvalue weighted by atomic mass is 10.1. The van der Waals surface area contributed by atoms with Crippen LogP contribution in [-0.4, -0.2) is 26.0 Å². The maximum atomic E-state index is 9.78. The molecule has 4 rings (SSSR count). The zero-order valence-corrected chi connectivity index (χ0v) is 16.5. The van der Waals surface area contributed by atoms with Crippen molar-refractivity contribution in [1.82, 2.24) is 15.2 Å². The normalized spacial score (nSPS) is 14.9. The summed E-state index contributed by atoms with van der Waals surface area (Å²) in [4.78, 5) is 4.54. The molecule has 8 heteroatoms. The SMILES string of the molecule is C=CCSc1nnc2c(n1)OC(c1ccc(O)c(Br)c1)Nc1ccccc1-2. The standard InChI is InChI=1S/C19H15BrN4O2S/c1-2-9-27-19-22-18-16(23-24-19)12-5-3-4-6-14(12)21-17(26-18)11-7-8-15(25)13(20)10-11/h2-8,10,17,21,25H,1,9H2. The lowest BCUT2D eigenvalue weighted by molar-refractivity contribution is 0.225. The van der Waals surface area contributed by atoms with E-state index in [0.29, 0.717) is 27.0 Å². The number of phenolic OH excluding ortho intramolecular Hbond substituents is 1. The van der Waals surface area contributed by atoms with E-state index in [0.717, 1.165) is 16.8 Å².